The van der Waals surface area contributed by atoms with Gasteiger partial charge in [0.25, 0.3) is 5.91 Å². The SMILES string of the molecule is O=C1CCCN1CN(C(=O)c1ccc(Cl)cc1Cl)c1ccccc1F. The first-order valence-electron chi connectivity index (χ1n) is 7.76. The summed E-state index contributed by atoms with van der Waals surface area (Å²) in [5.41, 5.74) is 0.291. The van der Waals surface area contributed by atoms with E-state index in [4.69, 9.17) is 23.2 Å². The molecule has 1 aliphatic rings. The van der Waals surface area contributed by atoms with Crippen LogP contribution in [0.2, 0.25) is 10.0 Å². The minimum atomic E-state index is -0.549. The molecule has 0 aliphatic carbocycles. The largest absolute Gasteiger partial charge is 0.324 e. The fourth-order valence-electron chi connectivity index (χ4n) is 2.75. The second kappa shape index (κ2) is 7.42. The van der Waals surface area contributed by atoms with Gasteiger partial charge in [-0.2, -0.15) is 0 Å². The molecule has 0 saturated carbocycles. The zero-order chi connectivity index (χ0) is 18.0. The van der Waals surface area contributed by atoms with Gasteiger partial charge in [0.1, 0.15) is 12.5 Å². The van der Waals surface area contributed by atoms with Crippen molar-refractivity contribution in [3.8, 4) is 0 Å². The van der Waals surface area contributed by atoms with Crippen LogP contribution in [0.3, 0.4) is 0 Å². The van der Waals surface area contributed by atoms with Crippen LogP contribution in [-0.4, -0.2) is 29.9 Å². The number of amides is 2. The molecule has 1 aliphatic heterocycles. The van der Waals surface area contributed by atoms with E-state index >= 15 is 0 Å². The highest BCUT2D eigenvalue weighted by Gasteiger charge is 2.28. The molecule has 0 aromatic heterocycles. The number of benzene rings is 2. The van der Waals surface area contributed by atoms with Gasteiger partial charge in [-0.15, -0.1) is 0 Å². The molecule has 0 bridgehead atoms. The summed E-state index contributed by atoms with van der Waals surface area (Å²) in [7, 11) is 0. The molecule has 0 spiro atoms. The Kier molecular flexibility index (Phi) is 5.25. The quantitative estimate of drug-likeness (QED) is 0.790. The molecule has 1 saturated heterocycles. The summed E-state index contributed by atoms with van der Waals surface area (Å²) in [6.45, 7) is 0.503. The molecule has 0 atom stereocenters. The van der Waals surface area contributed by atoms with Gasteiger partial charge in [0, 0.05) is 18.0 Å². The van der Waals surface area contributed by atoms with Gasteiger partial charge in [0.05, 0.1) is 16.3 Å². The molecule has 1 heterocycles. The second-order valence-corrected chi connectivity index (χ2v) is 6.55. The summed E-state index contributed by atoms with van der Waals surface area (Å²) in [5.74, 6) is -1.10. The molecule has 2 aromatic rings. The van der Waals surface area contributed by atoms with E-state index in [1.165, 1.54) is 40.1 Å². The van der Waals surface area contributed by atoms with Crippen LogP contribution in [-0.2, 0) is 4.79 Å². The van der Waals surface area contributed by atoms with Crippen molar-refractivity contribution in [1.29, 1.82) is 0 Å². The summed E-state index contributed by atoms with van der Waals surface area (Å²) < 4.78 is 14.3. The molecule has 0 N–H and O–H groups in total. The van der Waals surface area contributed by atoms with Crippen LogP contribution < -0.4 is 4.90 Å². The maximum atomic E-state index is 14.3. The Hall–Kier alpha value is -2.11. The number of carbonyl (C=O) groups excluding carboxylic acids is 2. The Labute approximate surface area is 154 Å². The third-order valence-corrected chi connectivity index (χ3v) is 4.58. The van der Waals surface area contributed by atoms with E-state index < -0.39 is 11.7 Å². The number of para-hydroxylation sites is 1. The van der Waals surface area contributed by atoms with Crippen molar-refractivity contribution >= 4 is 40.7 Å². The highest BCUT2D eigenvalue weighted by molar-refractivity contribution is 6.37. The number of hydrogen-bond donors (Lipinski definition) is 0. The van der Waals surface area contributed by atoms with Gasteiger partial charge >= 0.3 is 0 Å². The maximum Gasteiger partial charge on any atom is 0.261 e. The standard InChI is InChI=1S/C18H15Cl2FN2O2/c19-12-7-8-13(14(20)10-12)18(25)23(11-22-9-3-6-17(22)24)16-5-2-1-4-15(16)21/h1-2,4-5,7-8,10H,3,6,9,11H2. The van der Waals surface area contributed by atoms with Gasteiger partial charge in [-0.3, -0.25) is 14.5 Å². The van der Waals surface area contributed by atoms with Crippen LogP contribution in [0.4, 0.5) is 10.1 Å². The highest BCUT2D eigenvalue weighted by Crippen LogP contribution is 2.27. The normalized spacial score (nSPS) is 14.0. The van der Waals surface area contributed by atoms with Crippen molar-refractivity contribution in [2.45, 2.75) is 12.8 Å². The van der Waals surface area contributed by atoms with Gasteiger partial charge < -0.3 is 4.90 Å². The zero-order valence-electron chi connectivity index (χ0n) is 13.2. The minimum absolute atomic E-state index is 0.0302. The Balaban J connectivity index is 1.99. The first-order chi connectivity index (χ1) is 12.0. The van der Waals surface area contributed by atoms with Crippen molar-refractivity contribution in [3.63, 3.8) is 0 Å². The van der Waals surface area contributed by atoms with E-state index in [9.17, 15) is 14.0 Å². The predicted molar refractivity (Wildman–Crippen MR) is 95.5 cm³/mol. The maximum absolute atomic E-state index is 14.3. The lowest BCUT2D eigenvalue weighted by atomic mass is 10.1. The van der Waals surface area contributed by atoms with Crippen LogP contribution in [0.15, 0.2) is 42.5 Å². The van der Waals surface area contributed by atoms with Crippen molar-refractivity contribution in [1.82, 2.24) is 4.90 Å². The number of halogens is 3. The van der Waals surface area contributed by atoms with Gasteiger partial charge in [-0.25, -0.2) is 4.39 Å². The van der Waals surface area contributed by atoms with Gasteiger partial charge in [-0.1, -0.05) is 35.3 Å². The Bertz CT molecular complexity index is 828. The number of hydrogen-bond acceptors (Lipinski definition) is 2. The lowest BCUT2D eigenvalue weighted by Crippen LogP contribution is -2.42. The molecule has 0 radical (unpaired) electrons. The average Bonchev–Trinajstić information content (AvgIpc) is 2.98. The van der Waals surface area contributed by atoms with Gasteiger partial charge in [0.2, 0.25) is 5.91 Å². The number of rotatable bonds is 4. The fourth-order valence-corrected chi connectivity index (χ4v) is 3.24. The summed E-state index contributed by atoms with van der Waals surface area (Å²) in [4.78, 5) is 27.7. The van der Waals surface area contributed by atoms with Gasteiger partial charge in [0.15, 0.2) is 0 Å². The molecule has 1 fully saturated rings. The molecule has 25 heavy (non-hydrogen) atoms. The average molecular weight is 381 g/mol. The Morgan fingerprint density at radius 1 is 1.20 bits per heavy atom. The number of likely N-dealkylation sites (tertiary alicyclic amines) is 1. The number of anilines is 1. The third kappa shape index (κ3) is 3.78. The van der Waals surface area contributed by atoms with Crippen molar-refractivity contribution < 1.29 is 14.0 Å². The Morgan fingerprint density at radius 3 is 2.60 bits per heavy atom. The predicted octanol–water partition coefficient (Wildman–Crippen LogP) is 4.36. The van der Waals surface area contributed by atoms with Crippen LogP contribution in [0.5, 0.6) is 0 Å². The number of nitrogens with zero attached hydrogens (tertiary/aromatic N) is 2. The summed E-state index contributed by atoms with van der Waals surface area (Å²) in [6.07, 6.45) is 1.15. The topological polar surface area (TPSA) is 40.6 Å². The third-order valence-electron chi connectivity index (χ3n) is 4.03. The first-order valence-corrected chi connectivity index (χ1v) is 8.52. The molecular formula is C18H15Cl2FN2O2. The number of carbonyl (C=O) groups is 2. The van der Waals surface area contributed by atoms with Gasteiger partial charge in [-0.05, 0) is 36.8 Å². The summed E-state index contributed by atoms with van der Waals surface area (Å²) in [5, 5.41) is 0.570. The lowest BCUT2D eigenvalue weighted by Gasteiger charge is -2.28. The molecule has 4 nitrogen and oxygen atoms in total. The summed E-state index contributed by atoms with van der Waals surface area (Å²) >= 11 is 12.0. The minimum Gasteiger partial charge on any atom is -0.324 e. The molecule has 0 unspecified atom stereocenters. The van der Waals surface area contributed by atoms with Crippen LogP contribution >= 0.6 is 23.2 Å². The van der Waals surface area contributed by atoms with E-state index in [1.807, 2.05) is 0 Å². The van der Waals surface area contributed by atoms with Crippen molar-refractivity contribution in [2.24, 2.45) is 0 Å². The van der Waals surface area contributed by atoms with Crippen LogP contribution in [0.25, 0.3) is 0 Å². The molecule has 7 heteroatoms. The molecule has 3 rings (SSSR count). The van der Waals surface area contributed by atoms with E-state index in [0.717, 1.165) is 6.42 Å². The molecule has 130 valence electrons. The Morgan fingerprint density at radius 2 is 1.96 bits per heavy atom. The first kappa shape index (κ1) is 17.7. The fraction of sp³-hybridized carbons (Fsp3) is 0.222. The molecule has 2 amide bonds. The zero-order valence-corrected chi connectivity index (χ0v) is 14.7. The van der Waals surface area contributed by atoms with E-state index in [1.54, 1.807) is 12.1 Å². The van der Waals surface area contributed by atoms with E-state index in [0.29, 0.717) is 18.0 Å². The molecular weight excluding hydrogens is 366 g/mol. The second-order valence-electron chi connectivity index (χ2n) is 5.71. The van der Waals surface area contributed by atoms with E-state index in [2.05, 4.69) is 0 Å². The highest BCUT2D eigenvalue weighted by atomic mass is 35.5. The lowest BCUT2D eigenvalue weighted by molar-refractivity contribution is -0.127. The van der Waals surface area contributed by atoms with Crippen molar-refractivity contribution in [2.75, 3.05) is 18.1 Å². The smallest absolute Gasteiger partial charge is 0.261 e. The van der Waals surface area contributed by atoms with Crippen LogP contribution in [0.1, 0.15) is 23.2 Å². The summed E-state index contributed by atoms with van der Waals surface area (Å²) in [6, 6.07) is 10.4. The monoisotopic (exact) mass is 380 g/mol. The van der Waals surface area contributed by atoms with Crippen LogP contribution in [0, 0.1) is 5.82 Å². The molecule has 2 aromatic carbocycles. The van der Waals surface area contributed by atoms with Crippen molar-refractivity contribution in [3.05, 3.63) is 63.9 Å². The van der Waals surface area contributed by atoms with E-state index in [-0.39, 0.29) is 28.8 Å².